The average Bonchev–Trinajstić information content (AvgIpc) is 2.91. The van der Waals surface area contributed by atoms with Crippen LogP contribution in [0, 0.1) is 11.6 Å². The number of hydrogen-bond acceptors (Lipinski definition) is 2. The van der Waals surface area contributed by atoms with E-state index in [1.165, 1.54) is 19.2 Å². The van der Waals surface area contributed by atoms with Gasteiger partial charge in [-0.2, -0.15) is 13.2 Å². The monoisotopic (exact) mass is 368 g/mol. The van der Waals surface area contributed by atoms with Crippen molar-refractivity contribution in [2.45, 2.75) is 12.1 Å². The Kier molecular flexibility index (Phi) is 4.52. The standard InChI is InChI=1S/C18H13F5N2O/c1-24-14-9-25(16-12(19)6-3-7-13(16)20)17(26)15(14)10-4-2-5-11(8-10)18(21,22)23/h2-8,15H,9H2,1H3. The van der Waals surface area contributed by atoms with Crippen LogP contribution in [0.3, 0.4) is 0 Å². The number of benzene rings is 2. The molecule has 1 aliphatic heterocycles. The Labute approximate surface area is 145 Å². The summed E-state index contributed by atoms with van der Waals surface area (Å²) < 4.78 is 66.9. The van der Waals surface area contributed by atoms with Gasteiger partial charge in [-0.25, -0.2) is 8.78 Å². The molecule has 0 aliphatic carbocycles. The lowest BCUT2D eigenvalue weighted by Crippen LogP contribution is -2.28. The zero-order valence-electron chi connectivity index (χ0n) is 13.5. The molecule has 3 nitrogen and oxygen atoms in total. The molecule has 0 aromatic heterocycles. The summed E-state index contributed by atoms with van der Waals surface area (Å²) in [6.07, 6.45) is -4.57. The van der Waals surface area contributed by atoms with Crippen LogP contribution < -0.4 is 4.90 Å². The largest absolute Gasteiger partial charge is 0.416 e. The maximum atomic E-state index is 14.0. The number of nitrogens with zero attached hydrogens (tertiary/aromatic N) is 2. The smallest absolute Gasteiger partial charge is 0.301 e. The molecule has 8 heteroatoms. The summed E-state index contributed by atoms with van der Waals surface area (Å²) in [5.41, 5.74) is -1.14. The Morgan fingerprint density at radius 1 is 1.08 bits per heavy atom. The zero-order chi connectivity index (χ0) is 19.1. The van der Waals surface area contributed by atoms with E-state index in [1.807, 2.05) is 0 Å². The molecule has 1 amide bonds. The summed E-state index contributed by atoms with van der Waals surface area (Å²) in [5, 5.41) is 0. The van der Waals surface area contributed by atoms with Crippen molar-refractivity contribution < 1.29 is 26.7 Å². The van der Waals surface area contributed by atoms with Gasteiger partial charge in [0.15, 0.2) is 0 Å². The summed E-state index contributed by atoms with van der Waals surface area (Å²) in [6.45, 7) is -0.200. The van der Waals surface area contributed by atoms with Crippen LogP contribution in [-0.4, -0.2) is 25.2 Å². The summed E-state index contributed by atoms with van der Waals surface area (Å²) in [6, 6.07) is 7.47. The number of aliphatic imine (C=N–C) groups is 1. The van der Waals surface area contributed by atoms with Crippen molar-refractivity contribution in [1.82, 2.24) is 0 Å². The van der Waals surface area contributed by atoms with Crippen LogP contribution >= 0.6 is 0 Å². The van der Waals surface area contributed by atoms with Gasteiger partial charge in [-0.15, -0.1) is 0 Å². The number of rotatable bonds is 2. The number of para-hydroxylation sites is 1. The summed E-state index contributed by atoms with van der Waals surface area (Å²) in [4.78, 5) is 17.6. The van der Waals surface area contributed by atoms with E-state index in [0.29, 0.717) is 0 Å². The first-order chi connectivity index (χ1) is 12.2. The first-order valence-electron chi connectivity index (χ1n) is 7.62. The van der Waals surface area contributed by atoms with Crippen molar-refractivity contribution in [1.29, 1.82) is 0 Å². The molecular weight excluding hydrogens is 355 g/mol. The van der Waals surface area contributed by atoms with Crippen LogP contribution in [0.2, 0.25) is 0 Å². The highest BCUT2D eigenvalue weighted by Crippen LogP contribution is 2.36. The van der Waals surface area contributed by atoms with Crippen LogP contribution in [-0.2, 0) is 11.0 Å². The predicted octanol–water partition coefficient (Wildman–Crippen LogP) is 4.18. The van der Waals surface area contributed by atoms with Gasteiger partial charge in [0.05, 0.1) is 12.1 Å². The van der Waals surface area contributed by atoms with Gasteiger partial charge in [0.1, 0.15) is 23.2 Å². The van der Waals surface area contributed by atoms with E-state index in [4.69, 9.17) is 0 Å². The van der Waals surface area contributed by atoms with Crippen molar-refractivity contribution in [2.24, 2.45) is 4.99 Å². The lowest BCUT2D eigenvalue weighted by Gasteiger charge is -2.18. The SMILES string of the molecule is CN=C1CN(c2c(F)cccc2F)C(=O)C1c1cccc(C(F)(F)F)c1. The molecule has 0 spiro atoms. The minimum atomic E-state index is -4.57. The molecule has 0 radical (unpaired) electrons. The van der Waals surface area contributed by atoms with Gasteiger partial charge in [-0.3, -0.25) is 9.79 Å². The third-order valence-corrected chi connectivity index (χ3v) is 4.21. The van der Waals surface area contributed by atoms with Gasteiger partial charge >= 0.3 is 6.18 Å². The van der Waals surface area contributed by atoms with E-state index in [2.05, 4.69) is 4.99 Å². The quantitative estimate of drug-likeness (QED) is 0.732. The Bertz CT molecular complexity index is 871. The zero-order valence-corrected chi connectivity index (χ0v) is 13.5. The Morgan fingerprint density at radius 3 is 2.27 bits per heavy atom. The van der Waals surface area contributed by atoms with Crippen molar-refractivity contribution >= 4 is 17.3 Å². The maximum Gasteiger partial charge on any atom is 0.416 e. The normalized spacial score (nSPS) is 19.5. The van der Waals surface area contributed by atoms with E-state index in [0.717, 1.165) is 35.2 Å². The number of halogens is 5. The predicted molar refractivity (Wildman–Crippen MR) is 86.3 cm³/mol. The van der Waals surface area contributed by atoms with Crippen LogP contribution in [0.5, 0.6) is 0 Å². The van der Waals surface area contributed by atoms with E-state index in [-0.39, 0.29) is 17.8 Å². The number of carbonyl (C=O) groups excluding carboxylic acids is 1. The number of hydrogen-bond donors (Lipinski definition) is 0. The Balaban J connectivity index is 2.06. The number of anilines is 1. The van der Waals surface area contributed by atoms with E-state index in [1.54, 1.807) is 0 Å². The average molecular weight is 368 g/mol. The number of alkyl halides is 3. The first-order valence-corrected chi connectivity index (χ1v) is 7.62. The third kappa shape index (κ3) is 3.07. The molecule has 1 saturated heterocycles. The minimum Gasteiger partial charge on any atom is -0.301 e. The van der Waals surface area contributed by atoms with Gasteiger partial charge < -0.3 is 4.90 Å². The van der Waals surface area contributed by atoms with Crippen LogP contribution in [0.15, 0.2) is 47.5 Å². The van der Waals surface area contributed by atoms with Crippen molar-refractivity contribution in [3.05, 3.63) is 65.2 Å². The Morgan fingerprint density at radius 2 is 1.69 bits per heavy atom. The lowest BCUT2D eigenvalue weighted by atomic mass is 9.94. The van der Waals surface area contributed by atoms with Crippen molar-refractivity contribution in [3.63, 3.8) is 0 Å². The third-order valence-electron chi connectivity index (χ3n) is 4.21. The summed E-state index contributed by atoms with van der Waals surface area (Å²) in [7, 11) is 1.38. The lowest BCUT2D eigenvalue weighted by molar-refractivity contribution is -0.137. The molecular formula is C18H13F5N2O. The van der Waals surface area contributed by atoms with Gasteiger partial charge in [0.2, 0.25) is 5.91 Å². The van der Waals surface area contributed by atoms with Gasteiger partial charge in [-0.05, 0) is 23.8 Å². The van der Waals surface area contributed by atoms with E-state index >= 15 is 0 Å². The second kappa shape index (κ2) is 6.51. The van der Waals surface area contributed by atoms with E-state index in [9.17, 15) is 26.7 Å². The molecule has 1 unspecified atom stereocenters. The maximum absolute atomic E-state index is 14.0. The summed E-state index contributed by atoms with van der Waals surface area (Å²) >= 11 is 0. The molecule has 1 fully saturated rings. The van der Waals surface area contributed by atoms with Crippen LogP contribution in [0.1, 0.15) is 17.0 Å². The highest BCUT2D eigenvalue weighted by atomic mass is 19.4. The molecule has 3 rings (SSSR count). The van der Waals surface area contributed by atoms with Gasteiger partial charge in [0, 0.05) is 12.8 Å². The minimum absolute atomic E-state index is 0.0738. The molecule has 2 aromatic rings. The highest BCUT2D eigenvalue weighted by Gasteiger charge is 2.41. The van der Waals surface area contributed by atoms with Crippen LogP contribution in [0.25, 0.3) is 0 Å². The molecule has 26 heavy (non-hydrogen) atoms. The fourth-order valence-electron chi connectivity index (χ4n) is 3.00. The molecule has 2 aromatic carbocycles. The second-order valence-electron chi connectivity index (χ2n) is 5.77. The Hall–Kier alpha value is -2.77. The first kappa shape index (κ1) is 18.0. The fourth-order valence-corrected chi connectivity index (χ4v) is 3.00. The highest BCUT2D eigenvalue weighted by molar-refractivity contribution is 6.23. The number of amides is 1. The van der Waals surface area contributed by atoms with Crippen LogP contribution in [0.4, 0.5) is 27.6 Å². The fraction of sp³-hybridized carbons (Fsp3) is 0.222. The van der Waals surface area contributed by atoms with Gasteiger partial charge in [-0.1, -0.05) is 24.3 Å². The molecule has 0 N–H and O–H groups in total. The molecule has 0 saturated carbocycles. The molecule has 1 atom stereocenters. The van der Waals surface area contributed by atoms with Gasteiger partial charge in [0.25, 0.3) is 0 Å². The molecule has 1 heterocycles. The molecule has 136 valence electrons. The molecule has 0 bridgehead atoms. The van der Waals surface area contributed by atoms with E-state index < -0.39 is 40.9 Å². The summed E-state index contributed by atoms with van der Waals surface area (Å²) in [5.74, 6) is -3.72. The second-order valence-corrected chi connectivity index (χ2v) is 5.77. The topological polar surface area (TPSA) is 32.7 Å². The van der Waals surface area contributed by atoms with Crippen molar-refractivity contribution in [3.8, 4) is 0 Å². The molecule has 1 aliphatic rings. The number of carbonyl (C=O) groups is 1. The van der Waals surface area contributed by atoms with Crippen molar-refractivity contribution in [2.75, 3.05) is 18.5 Å².